The van der Waals surface area contributed by atoms with Gasteiger partial charge in [0.05, 0.1) is 0 Å². The molecule has 1 aromatic heterocycles. The van der Waals surface area contributed by atoms with Gasteiger partial charge in [-0.1, -0.05) is 53.6 Å². The quantitative estimate of drug-likeness (QED) is 0.844. The number of nitrogens with one attached hydrogen (secondary N) is 1. The molecule has 2 nitrogen and oxygen atoms in total. The minimum absolute atomic E-state index is 0.644. The van der Waals surface area contributed by atoms with Crippen molar-refractivity contribution in [1.29, 1.82) is 0 Å². The Hall–Kier alpha value is -1.00. The van der Waals surface area contributed by atoms with E-state index in [2.05, 4.69) is 32.8 Å². The molecule has 4 heteroatoms. The molecule has 0 saturated carbocycles. The summed E-state index contributed by atoms with van der Waals surface area (Å²) in [7, 11) is 0. The van der Waals surface area contributed by atoms with Gasteiger partial charge in [-0.25, -0.2) is 4.98 Å². The highest BCUT2D eigenvalue weighted by Gasteiger charge is 2.02. The van der Waals surface area contributed by atoms with Crippen LogP contribution in [0.25, 0.3) is 11.4 Å². The van der Waals surface area contributed by atoms with Crippen molar-refractivity contribution in [1.82, 2.24) is 9.97 Å². The topological polar surface area (TPSA) is 28.7 Å². The van der Waals surface area contributed by atoms with Crippen molar-refractivity contribution < 1.29 is 0 Å². The second kappa shape index (κ2) is 5.56. The molecule has 0 unspecified atom stereocenters. The number of hydrogen-bond donors (Lipinski definition) is 1. The normalized spacial score (nSPS) is 10.5. The van der Waals surface area contributed by atoms with E-state index < -0.39 is 0 Å². The van der Waals surface area contributed by atoms with Crippen LogP contribution in [0.3, 0.4) is 0 Å². The predicted octanol–water partition coefficient (Wildman–Crippen LogP) is 4.52. The molecule has 17 heavy (non-hydrogen) atoms. The lowest BCUT2D eigenvalue weighted by molar-refractivity contribution is 0.873. The molecule has 2 aromatic rings. The van der Waals surface area contributed by atoms with Crippen molar-refractivity contribution >= 4 is 28.1 Å². The predicted molar refractivity (Wildman–Crippen MR) is 76.6 cm³/mol. The maximum absolute atomic E-state index is 5.19. The van der Waals surface area contributed by atoms with Crippen molar-refractivity contribution in [2.75, 3.05) is 0 Å². The number of aryl methyl sites for hydroxylation is 1. The number of halogens is 1. The molecule has 0 aliphatic carbocycles. The Morgan fingerprint density at radius 2 is 2.00 bits per heavy atom. The largest absolute Gasteiger partial charge is 0.343 e. The van der Waals surface area contributed by atoms with Gasteiger partial charge in [0.15, 0.2) is 0 Å². The van der Waals surface area contributed by atoms with Crippen molar-refractivity contribution in [3.63, 3.8) is 0 Å². The fraction of sp³-hybridized carbons (Fsp3) is 0.231. The fourth-order valence-corrected chi connectivity index (χ4v) is 2.15. The van der Waals surface area contributed by atoms with Gasteiger partial charge in [-0.3, -0.25) is 0 Å². The van der Waals surface area contributed by atoms with E-state index in [0.29, 0.717) is 4.64 Å². The average molecular weight is 309 g/mol. The summed E-state index contributed by atoms with van der Waals surface area (Å²) in [6.45, 7) is 2.15. The van der Waals surface area contributed by atoms with E-state index in [1.807, 2.05) is 30.3 Å². The first kappa shape index (κ1) is 12.5. The van der Waals surface area contributed by atoms with E-state index >= 15 is 0 Å². The molecule has 0 aliphatic rings. The van der Waals surface area contributed by atoms with Crippen LogP contribution in [-0.2, 0) is 6.42 Å². The first-order valence-corrected chi connectivity index (χ1v) is 6.75. The molecule has 0 atom stereocenters. The number of aromatic nitrogens is 2. The summed E-state index contributed by atoms with van der Waals surface area (Å²) in [6, 6.07) is 9.98. The SMILES string of the molecule is CCCc1cc(=S)nc(-c2ccc(Br)cc2)[nH]1. The van der Waals surface area contributed by atoms with Crippen LogP contribution < -0.4 is 0 Å². The molecule has 0 saturated heterocycles. The van der Waals surface area contributed by atoms with Crippen molar-refractivity contribution in [3.05, 3.63) is 45.1 Å². The third-order valence-electron chi connectivity index (χ3n) is 2.44. The second-order valence-electron chi connectivity index (χ2n) is 3.85. The van der Waals surface area contributed by atoms with Gasteiger partial charge in [-0.15, -0.1) is 0 Å². The van der Waals surface area contributed by atoms with Crippen LogP contribution in [0.5, 0.6) is 0 Å². The summed E-state index contributed by atoms with van der Waals surface area (Å²) in [5.74, 6) is 0.841. The molecule has 1 N–H and O–H groups in total. The van der Waals surface area contributed by atoms with Gasteiger partial charge in [-0.2, -0.15) is 0 Å². The zero-order chi connectivity index (χ0) is 12.3. The number of nitrogens with zero attached hydrogens (tertiary/aromatic N) is 1. The third-order valence-corrected chi connectivity index (χ3v) is 3.17. The Balaban J connectivity index is 2.44. The molecular formula is C13H13BrN2S. The third kappa shape index (κ3) is 3.23. The Morgan fingerprint density at radius 1 is 1.29 bits per heavy atom. The first-order valence-electron chi connectivity index (χ1n) is 5.55. The van der Waals surface area contributed by atoms with Gasteiger partial charge >= 0.3 is 0 Å². The summed E-state index contributed by atoms with van der Waals surface area (Å²) in [4.78, 5) is 7.69. The molecule has 0 fully saturated rings. The van der Waals surface area contributed by atoms with Crippen molar-refractivity contribution in [2.45, 2.75) is 19.8 Å². The molecule has 0 radical (unpaired) electrons. The van der Waals surface area contributed by atoms with E-state index in [4.69, 9.17) is 12.2 Å². The highest BCUT2D eigenvalue weighted by molar-refractivity contribution is 9.10. The summed E-state index contributed by atoms with van der Waals surface area (Å²) in [5, 5.41) is 0. The minimum Gasteiger partial charge on any atom is -0.343 e. The lowest BCUT2D eigenvalue weighted by atomic mass is 10.2. The number of benzene rings is 1. The Morgan fingerprint density at radius 3 is 2.65 bits per heavy atom. The number of rotatable bonds is 3. The van der Waals surface area contributed by atoms with Crippen LogP contribution in [0.2, 0.25) is 0 Å². The molecule has 0 aliphatic heterocycles. The maximum atomic E-state index is 5.19. The monoisotopic (exact) mass is 308 g/mol. The van der Waals surface area contributed by atoms with Crippen LogP contribution in [0, 0.1) is 4.64 Å². The Labute approximate surface area is 114 Å². The smallest absolute Gasteiger partial charge is 0.139 e. The highest BCUT2D eigenvalue weighted by atomic mass is 79.9. The van der Waals surface area contributed by atoms with Gasteiger partial charge in [0.1, 0.15) is 10.5 Å². The van der Waals surface area contributed by atoms with Gasteiger partial charge in [0, 0.05) is 15.7 Å². The standard InChI is InChI=1S/C13H13BrN2S/c1-2-3-11-8-12(17)16-13(15-11)9-4-6-10(14)7-5-9/h4-8H,2-3H2,1H3,(H,15,16,17). The van der Waals surface area contributed by atoms with Crippen LogP contribution in [0.15, 0.2) is 34.8 Å². The summed E-state index contributed by atoms with van der Waals surface area (Å²) >= 11 is 8.61. The van der Waals surface area contributed by atoms with Crippen LogP contribution in [0.4, 0.5) is 0 Å². The molecule has 0 spiro atoms. The highest BCUT2D eigenvalue weighted by Crippen LogP contribution is 2.18. The summed E-state index contributed by atoms with van der Waals surface area (Å²) in [5.41, 5.74) is 2.20. The Bertz CT molecular complexity index is 560. The van der Waals surface area contributed by atoms with Crippen molar-refractivity contribution in [2.24, 2.45) is 0 Å². The summed E-state index contributed by atoms with van der Waals surface area (Å²) < 4.78 is 1.70. The molecule has 88 valence electrons. The maximum Gasteiger partial charge on any atom is 0.139 e. The number of H-pyrrole nitrogens is 1. The van der Waals surface area contributed by atoms with Gasteiger partial charge in [-0.05, 0) is 24.6 Å². The van der Waals surface area contributed by atoms with E-state index in [-0.39, 0.29) is 0 Å². The molecule has 0 bridgehead atoms. The molecular weight excluding hydrogens is 296 g/mol. The zero-order valence-corrected chi connectivity index (χ0v) is 11.9. The molecule has 0 amide bonds. The molecule has 1 aromatic carbocycles. The zero-order valence-electron chi connectivity index (χ0n) is 9.53. The lowest BCUT2D eigenvalue weighted by Gasteiger charge is -2.05. The van der Waals surface area contributed by atoms with Gasteiger partial charge in [0.25, 0.3) is 0 Å². The number of hydrogen-bond acceptors (Lipinski definition) is 2. The van der Waals surface area contributed by atoms with Crippen LogP contribution >= 0.6 is 28.1 Å². The van der Waals surface area contributed by atoms with Crippen LogP contribution in [0.1, 0.15) is 19.0 Å². The lowest BCUT2D eigenvalue weighted by Crippen LogP contribution is -1.95. The fourth-order valence-electron chi connectivity index (χ4n) is 1.66. The average Bonchev–Trinajstić information content (AvgIpc) is 2.29. The van der Waals surface area contributed by atoms with Crippen molar-refractivity contribution in [3.8, 4) is 11.4 Å². The molecule has 1 heterocycles. The molecule has 2 rings (SSSR count). The van der Waals surface area contributed by atoms with Crippen LogP contribution in [-0.4, -0.2) is 9.97 Å². The van der Waals surface area contributed by atoms with Gasteiger partial charge < -0.3 is 4.98 Å². The first-order chi connectivity index (χ1) is 8.19. The Kier molecular flexibility index (Phi) is 4.07. The van der Waals surface area contributed by atoms with E-state index in [0.717, 1.165) is 34.4 Å². The number of aromatic amines is 1. The van der Waals surface area contributed by atoms with E-state index in [1.165, 1.54) is 0 Å². The van der Waals surface area contributed by atoms with E-state index in [1.54, 1.807) is 0 Å². The minimum atomic E-state index is 0.644. The van der Waals surface area contributed by atoms with E-state index in [9.17, 15) is 0 Å². The second-order valence-corrected chi connectivity index (χ2v) is 5.18. The van der Waals surface area contributed by atoms with Gasteiger partial charge in [0.2, 0.25) is 0 Å². The summed E-state index contributed by atoms with van der Waals surface area (Å²) in [6.07, 6.45) is 2.09.